The number of methoxy groups -OCH3 is 1. The first-order chi connectivity index (χ1) is 7.22. The van der Waals surface area contributed by atoms with E-state index in [4.69, 9.17) is 9.94 Å². The molecule has 1 aromatic carbocycles. The summed E-state index contributed by atoms with van der Waals surface area (Å²) in [7, 11) is 3.05. The molecule has 0 saturated carbocycles. The molecule has 0 unspecified atom stereocenters. The molecule has 5 heteroatoms. The van der Waals surface area contributed by atoms with Gasteiger partial charge in [0.25, 0.3) is 0 Å². The summed E-state index contributed by atoms with van der Waals surface area (Å²) in [6.45, 7) is 1.89. The van der Waals surface area contributed by atoms with Crippen LogP contribution in [0.1, 0.15) is 11.1 Å². The molecule has 15 heavy (non-hydrogen) atoms. The maximum Gasteiger partial charge on any atom is 0.196 e. The summed E-state index contributed by atoms with van der Waals surface area (Å²) in [5, 5.41) is 11.9. The van der Waals surface area contributed by atoms with E-state index in [0.717, 1.165) is 16.9 Å². The van der Waals surface area contributed by atoms with Crippen molar-refractivity contribution in [3.63, 3.8) is 0 Å². The molecule has 0 bridgehead atoms. The lowest BCUT2D eigenvalue weighted by molar-refractivity contribution is 0.140. The van der Waals surface area contributed by atoms with E-state index in [-0.39, 0.29) is 5.84 Å². The topological polar surface area (TPSA) is 63.1 Å². The van der Waals surface area contributed by atoms with Crippen LogP contribution in [0.5, 0.6) is 5.75 Å². The second kappa shape index (κ2) is 5.21. The molecule has 5 nitrogen and oxygen atoms in total. The minimum atomic E-state index is 0.262. The summed E-state index contributed by atoms with van der Waals surface area (Å²) < 4.78 is 5.07. The molecule has 0 heterocycles. The Morgan fingerprint density at radius 2 is 2.13 bits per heavy atom. The van der Waals surface area contributed by atoms with Gasteiger partial charge in [-0.15, -0.1) is 0 Å². The summed E-state index contributed by atoms with van der Waals surface area (Å²) in [4.78, 5) is 4.69. The zero-order valence-corrected chi connectivity index (χ0v) is 8.94. The number of nitrogens with one attached hydrogen (secondary N) is 1. The summed E-state index contributed by atoms with van der Waals surface area (Å²) in [6, 6.07) is 5.41. The molecule has 1 aromatic rings. The van der Waals surface area contributed by atoms with Crippen molar-refractivity contribution in [1.29, 1.82) is 0 Å². The number of hydrogen-bond donors (Lipinski definition) is 2. The summed E-state index contributed by atoms with van der Waals surface area (Å²) >= 11 is 0. The molecule has 0 aliphatic carbocycles. The summed E-state index contributed by atoms with van der Waals surface area (Å²) in [5.74, 6) is 1.02. The highest BCUT2D eigenvalue weighted by molar-refractivity contribution is 5.99. The molecule has 0 aromatic heterocycles. The molecule has 2 N–H and O–H groups in total. The van der Waals surface area contributed by atoms with Crippen LogP contribution >= 0.6 is 0 Å². The smallest absolute Gasteiger partial charge is 0.196 e. The Morgan fingerprint density at radius 1 is 1.40 bits per heavy atom. The molecular weight excluding hydrogens is 196 g/mol. The number of ether oxygens (including phenoxy) is 1. The van der Waals surface area contributed by atoms with Crippen LogP contribution in [0.3, 0.4) is 0 Å². The van der Waals surface area contributed by atoms with Crippen LogP contribution in [0.2, 0.25) is 0 Å². The van der Waals surface area contributed by atoms with Gasteiger partial charge in [-0.3, -0.25) is 4.84 Å². The lowest BCUT2D eigenvalue weighted by Gasteiger charge is -2.09. The third-order valence-electron chi connectivity index (χ3n) is 1.99. The number of nitrogens with zero attached hydrogens (tertiary/aromatic N) is 1. The van der Waals surface area contributed by atoms with Crippen molar-refractivity contribution in [1.82, 2.24) is 5.48 Å². The minimum Gasteiger partial charge on any atom is -0.497 e. The first kappa shape index (κ1) is 11.3. The number of amidine groups is 1. The molecular formula is C10H14N2O3. The Hall–Kier alpha value is -1.75. The monoisotopic (exact) mass is 210 g/mol. The third-order valence-corrected chi connectivity index (χ3v) is 1.99. The van der Waals surface area contributed by atoms with E-state index in [1.54, 1.807) is 19.2 Å². The van der Waals surface area contributed by atoms with Crippen molar-refractivity contribution in [3.8, 4) is 5.75 Å². The summed E-state index contributed by atoms with van der Waals surface area (Å²) in [5.41, 5.74) is 4.16. The molecule has 1 rings (SSSR count). The Labute approximate surface area is 88.3 Å². The van der Waals surface area contributed by atoms with Crippen molar-refractivity contribution >= 4 is 5.84 Å². The van der Waals surface area contributed by atoms with Gasteiger partial charge in [-0.1, -0.05) is 5.16 Å². The van der Waals surface area contributed by atoms with Gasteiger partial charge in [0, 0.05) is 5.56 Å². The number of aryl methyl sites for hydroxylation is 1. The van der Waals surface area contributed by atoms with Gasteiger partial charge in [0.05, 0.1) is 14.2 Å². The zero-order chi connectivity index (χ0) is 11.3. The SMILES string of the molecule is CONC(=NO)c1ccc(OC)cc1C. The van der Waals surface area contributed by atoms with Crippen molar-refractivity contribution in [3.05, 3.63) is 29.3 Å². The number of oxime groups is 1. The third kappa shape index (κ3) is 2.60. The Bertz CT molecular complexity index is 364. The van der Waals surface area contributed by atoms with E-state index in [0.29, 0.717) is 0 Å². The molecule has 0 radical (unpaired) electrons. The quantitative estimate of drug-likeness (QED) is 0.341. The predicted molar refractivity (Wildman–Crippen MR) is 56.2 cm³/mol. The van der Waals surface area contributed by atoms with E-state index in [9.17, 15) is 0 Å². The van der Waals surface area contributed by atoms with Crippen LogP contribution in [0.4, 0.5) is 0 Å². The van der Waals surface area contributed by atoms with E-state index in [1.807, 2.05) is 13.0 Å². The fourth-order valence-electron chi connectivity index (χ4n) is 1.25. The molecule has 0 fully saturated rings. The second-order valence-corrected chi connectivity index (χ2v) is 2.94. The van der Waals surface area contributed by atoms with Gasteiger partial charge < -0.3 is 9.94 Å². The van der Waals surface area contributed by atoms with Crippen LogP contribution in [-0.4, -0.2) is 25.3 Å². The number of rotatable bonds is 3. The zero-order valence-electron chi connectivity index (χ0n) is 8.94. The maximum absolute atomic E-state index is 8.78. The number of benzene rings is 1. The van der Waals surface area contributed by atoms with Crippen molar-refractivity contribution in [2.24, 2.45) is 5.16 Å². The summed E-state index contributed by atoms with van der Waals surface area (Å²) in [6.07, 6.45) is 0. The number of hydrogen-bond acceptors (Lipinski definition) is 4. The van der Waals surface area contributed by atoms with Gasteiger partial charge in [-0.05, 0) is 30.7 Å². The lowest BCUT2D eigenvalue weighted by Crippen LogP contribution is -2.24. The normalized spacial score (nSPS) is 11.3. The van der Waals surface area contributed by atoms with Gasteiger partial charge in [0.15, 0.2) is 5.84 Å². The highest BCUT2D eigenvalue weighted by Gasteiger charge is 2.07. The van der Waals surface area contributed by atoms with Crippen LogP contribution in [0.15, 0.2) is 23.4 Å². The highest BCUT2D eigenvalue weighted by atomic mass is 16.6. The number of hydroxylamine groups is 1. The molecule has 0 amide bonds. The largest absolute Gasteiger partial charge is 0.497 e. The van der Waals surface area contributed by atoms with Crippen LogP contribution in [-0.2, 0) is 4.84 Å². The first-order valence-electron chi connectivity index (χ1n) is 4.39. The highest BCUT2D eigenvalue weighted by Crippen LogP contribution is 2.16. The molecule has 82 valence electrons. The molecule has 0 aliphatic rings. The van der Waals surface area contributed by atoms with Crippen LogP contribution in [0.25, 0.3) is 0 Å². The van der Waals surface area contributed by atoms with E-state index in [2.05, 4.69) is 15.5 Å². The Kier molecular flexibility index (Phi) is 3.93. The fourth-order valence-corrected chi connectivity index (χ4v) is 1.25. The fraction of sp³-hybridized carbons (Fsp3) is 0.300. The first-order valence-corrected chi connectivity index (χ1v) is 4.39. The average Bonchev–Trinajstić information content (AvgIpc) is 2.26. The lowest BCUT2D eigenvalue weighted by atomic mass is 10.1. The van der Waals surface area contributed by atoms with Crippen molar-refractivity contribution < 1.29 is 14.8 Å². The van der Waals surface area contributed by atoms with E-state index in [1.165, 1.54) is 7.11 Å². The van der Waals surface area contributed by atoms with Crippen LogP contribution < -0.4 is 10.2 Å². The molecule has 0 atom stereocenters. The molecule has 0 saturated heterocycles. The van der Waals surface area contributed by atoms with Crippen LogP contribution in [0, 0.1) is 6.92 Å². The maximum atomic E-state index is 8.78. The van der Waals surface area contributed by atoms with E-state index < -0.39 is 0 Å². The minimum absolute atomic E-state index is 0.262. The van der Waals surface area contributed by atoms with Crippen molar-refractivity contribution in [2.45, 2.75) is 6.92 Å². The standard InChI is InChI=1S/C10H14N2O3/c1-7-6-8(14-2)4-5-9(7)10(11-13)12-15-3/h4-6,13H,1-3H3,(H,11,12). The second-order valence-electron chi connectivity index (χ2n) is 2.94. The molecule has 0 aliphatic heterocycles. The van der Waals surface area contributed by atoms with Crippen molar-refractivity contribution in [2.75, 3.05) is 14.2 Å². The van der Waals surface area contributed by atoms with Gasteiger partial charge >= 0.3 is 0 Å². The van der Waals surface area contributed by atoms with Gasteiger partial charge in [0.2, 0.25) is 0 Å². The predicted octanol–water partition coefficient (Wildman–Crippen LogP) is 1.29. The van der Waals surface area contributed by atoms with Gasteiger partial charge in [0.1, 0.15) is 5.75 Å². The van der Waals surface area contributed by atoms with Gasteiger partial charge in [-0.2, -0.15) is 0 Å². The Balaban J connectivity index is 3.04. The molecule has 0 spiro atoms. The van der Waals surface area contributed by atoms with Gasteiger partial charge in [-0.25, -0.2) is 5.48 Å². The Morgan fingerprint density at radius 3 is 2.60 bits per heavy atom. The van der Waals surface area contributed by atoms with E-state index >= 15 is 0 Å². The average molecular weight is 210 g/mol.